The quantitative estimate of drug-likeness (QED) is 0.472. The van der Waals surface area contributed by atoms with Crippen LogP contribution in [-0.4, -0.2) is 62.5 Å². The van der Waals surface area contributed by atoms with Gasteiger partial charge in [-0.05, 0) is 40.9 Å². The molecule has 2 aliphatic rings. The van der Waals surface area contributed by atoms with Crippen molar-refractivity contribution >= 4 is 11.8 Å². The number of piperazine rings is 1. The molecule has 7 heteroatoms. The number of carbonyl (C=O) groups excluding carboxylic acids is 2. The van der Waals surface area contributed by atoms with E-state index in [1.54, 1.807) is 11.9 Å². The van der Waals surface area contributed by atoms with E-state index in [2.05, 4.69) is 74.9 Å². The number of carbonyl (C=O) groups is 2. The smallest absolute Gasteiger partial charge is 0.312 e. The summed E-state index contributed by atoms with van der Waals surface area (Å²) < 4.78 is 2.12. The highest BCUT2D eigenvalue weighted by molar-refractivity contribution is 6.35. The molecule has 0 spiro atoms. The van der Waals surface area contributed by atoms with Crippen LogP contribution in [0.1, 0.15) is 63.0 Å². The molecule has 0 radical (unpaired) electrons. The van der Waals surface area contributed by atoms with Crippen LogP contribution < -0.4 is 0 Å². The van der Waals surface area contributed by atoms with Gasteiger partial charge in [0, 0.05) is 31.9 Å². The molecule has 1 aromatic heterocycles. The fraction of sp³-hybridized carbons (Fsp3) is 0.452. The van der Waals surface area contributed by atoms with Gasteiger partial charge in [0.05, 0.1) is 24.4 Å². The Bertz CT molecular complexity index is 1330. The number of amides is 2. The summed E-state index contributed by atoms with van der Waals surface area (Å²) in [7, 11) is 1.58. The van der Waals surface area contributed by atoms with Gasteiger partial charge in [0.2, 0.25) is 0 Å². The van der Waals surface area contributed by atoms with Crippen molar-refractivity contribution in [3.05, 3.63) is 77.7 Å². The summed E-state index contributed by atoms with van der Waals surface area (Å²) in [5, 5.41) is 9.98. The summed E-state index contributed by atoms with van der Waals surface area (Å²) in [5.41, 5.74) is 3.95. The highest BCUT2D eigenvalue weighted by Gasteiger charge is 2.45. The van der Waals surface area contributed by atoms with Gasteiger partial charge in [-0.2, -0.15) is 0 Å². The van der Waals surface area contributed by atoms with E-state index >= 15 is 0 Å². The Hall–Kier alpha value is -3.45. The maximum Gasteiger partial charge on any atom is 0.312 e. The summed E-state index contributed by atoms with van der Waals surface area (Å²) in [5.74, 6) is 0.897. The van der Waals surface area contributed by atoms with Gasteiger partial charge in [0.15, 0.2) is 0 Å². The van der Waals surface area contributed by atoms with Crippen molar-refractivity contribution in [2.45, 2.75) is 58.7 Å². The van der Waals surface area contributed by atoms with E-state index in [1.807, 2.05) is 18.2 Å². The van der Waals surface area contributed by atoms with E-state index < -0.39 is 29.3 Å². The highest BCUT2D eigenvalue weighted by Crippen LogP contribution is 2.47. The summed E-state index contributed by atoms with van der Waals surface area (Å²) in [6.45, 7) is 9.12. The molecule has 0 bridgehead atoms. The minimum absolute atomic E-state index is 0.209. The van der Waals surface area contributed by atoms with Crippen molar-refractivity contribution in [1.82, 2.24) is 19.4 Å². The molecular formula is C31H38N4O3. The zero-order valence-electron chi connectivity index (χ0n) is 23.0. The number of nitrogens with zero attached hydrogens (tertiary/aromatic N) is 4. The van der Waals surface area contributed by atoms with Crippen LogP contribution in [0.5, 0.6) is 0 Å². The second-order valence-corrected chi connectivity index (χ2v) is 12.0. The lowest BCUT2D eigenvalue weighted by Crippen LogP contribution is -2.61. The minimum atomic E-state index is -0.600. The normalized spacial score (nSPS) is 22.6. The number of aliphatic hydroxyl groups is 1. The van der Waals surface area contributed by atoms with Crippen LogP contribution in [0.25, 0.3) is 11.3 Å². The van der Waals surface area contributed by atoms with E-state index in [4.69, 9.17) is 4.98 Å². The molecule has 38 heavy (non-hydrogen) atoms. The SMILES string of the molecule is CC1C[C@@H]1c1cccc(-c2cn(Cc3ccccc3)c([C@H](N3C[C@@H](CO)N(C)C(=O)C3=O)C(C)(C)C)n2)c1. The molecule has 1 unspecified atom stereocenters. The molecule has 2 heterocycles. The first-order valence-electron chi connectivity index (χ1n) is 13.5. The van der Waals surface area contributed by atoms with Crippen molar-refractivity contribution in [2.24, 2.45) is 11.3 Å². The summed E-state index contributed by atoms with van der Waals surface area (Å²) in [6.07, 6.45) is 3.29. The molecule has 2 amide bonds. The first kappa shape index (κ1) is 26.2. The molecule has 1 aliphatic carbocycles. The van der Waals surface area contributed by atoms with Crippen molar-refractivity contribution in [2.75, 3.05) is 20.2 Å². The van der Waals surface area contributed by atoms with E-state index in [0.29, 0.717) is 18.4 Å². The second kappa shape index (κ2) is 10.0. The maximum atomic E-state index is 13.4. The Kier molecular flexibility index (Phi) is 6.90. The van der Waals surface area contributed by atoms with Crippen molar-refractivity contribution in [3.8, 4) is 11.3 Å². The van der Waals surface area contributed by atoms with Gasteiger partial charge in [-0.1, -0.05) is 76.2 Å². The number of rotatable bonds is 7. The molecule has 200 valence electrons. The third-order valence-electron chi connectivity index (χ3n) is 8.03. The maximum absolute atomic E-state index is 13.4. The monoisotopic (exact) mass is 514 g/mol. The van der Waals surface area contributed by atoms with Crippen molar-refractivity contribution in [1.29, 1.82) is 0 Å². The van der Waals surface area contributed by atoms with Crippen LogP contribution in [0.4, 0.5) is 0 Å². The topological polar surface area (TPSA) is 78.7 Å². The molecule has 1 aliphatic heterocycles. The summed E-state index contributed by atoms with van der Waals surface area (Å²) >= 11 is 0. The van der Waals surface area contributed by atoms with Crippen molar-refractivity contribution in [3.63, 3.8) is 0 Å². The summed E-state index contributed by atoms with van der Waals surface area (Å²) in [6, 6.07) is 17.9. The van der Waals surface area contributed by atoms with Gasteiger partial charge in [0.25, 0.3) is 0 Å². The first-order valence-corrected chi connectivity index (χ1v) is 13.5. The van der Waals surface area contributed by atoms with Gasteiger partial charge >= 0.3 is 11.8 Å². The van der Waals surface area contributed by atoms with Gasteiger partial charge in [-0.3, -0.25) is 9.59 Å². The zero-order valence-corrected chi connectivity index (χ0v) is 23.0. The number of likely N-dealkylation sites (N-methyl/N-ethyl adjacent to an activating group) is 1. The Labute approximate surface area is 225 Å². The average Bonchev–Trinajstić information content (AvgIpc) is 3.50. The molecular weight excluding hydrogens is 476 g/mol. The first-order chi connectivity index (χ1) is 18.1. The van der Waals surface area contributed by atoms with Gasteiger partial charge in [0.1, 0.15) is 5.82 Å². The van der Waals surface area contributed by atoms with Crippen LogP contribution in [-0.2, 0) is 16.1 Å². The molecule has 7 nitrogen and oxygen atoms in total. The fourth-order valence-corrected chi connectivity index (χ4v) is 5.68. The van der Waals surface area contributed by atoms with Gasteiger partial charge in [-0.15, -0.1) is 0 Å². The van der Waals surface area contributed by atoms with Gasteiger partial charge < -0.3 is 19.5 Å². The summed E-state index contributed by atoms with van der Waals surface area (Å²) in [4.78, 5) is 34.4. The molecule has 5 rings (SSSR count). The molecule has 1 N–H and O–H groups in total. The molecule has 3 aromatic rings. The van der Waals surface area contributed by atoms with E-state index in [9.17, 15) is 14.7 Å². The lowest BCUT2D eigenvalue weighted by molar-refractivity contribution is -0.163. The predicted molar refractivity (Wildman–Crippen MR) is 147 cm³/mol. The molecule has 2 aromatic carbocycles. The van der Waals surface area contributed by atoms with E-state index in [0.717, 1.165) is 22.6 Å². The molecule has 1 saturated carbocycles. The average molecular weight is 515 g/mol. The Morgan fingerprint density at radius 3 is 2.39 bits per heavy atom. The predicted octanol–water partition coefficient (Wildman–Crippen LogP) is 4.47. The standard InChI is InChI=1S/C31H38N4O3/c1-20-14-25(20)22-12-9-13-23(15-22)26-18-34(16-21-10-7-6-8-11-21)28(32-26)27(31(2,3)4)35-17-24(19-36)33(5)29(37)30(35)38/h6-13,15,18,20,24-25,27,36H,14,16-17,19H2,1-5H3/t20?,24-,25-,27-/m0/s1. The molecule has 4 atom stereocenters. The number of benzene rings is 2. The van der Waals surface area contributed by atoms with E-state index in [-0.39, 0.29) is 13.2 Å². The fourth-order valence-electron chi connectivity index (χ4n) is 5.68. The van der Waals surface area contributed by atoms with Crippen LogP contribution in [0, 0.1) is 11.3 Å². The van der Waals surface area contributed by atoms with Gasteiger partial charge in [-0.25, -0.2) is 4.98 Å². The lowest BCUT2D eigenvalue weighted by Gasteiger charge is -2.45. The number of aliphatic hydroxyl groups excluding tert-OH is 1. The Morgan fingerprint density at radius 2 is 1.76 bits per heavy atom. The minimum Gasteiger partial charge on any atom is -0.394 e. The van der Waals surface area contributed by atoms with Crippen LogP contribution in [0.3, 0.4) is 0 Å². The Balaban J connectivity index is 1.61. The van der Waals surface area contributed by atoms with Crippen LogP contribution in [0.2, 0.25) is 0 Å². The lowest BCUT2D eigenvalue weighted by atomic mass is 9.84. The zero-order chi connectivity index (χ0) is 27.2. The largest absolute Gasteiger partial charge is 0.394 e. The van der Waals surface area contributed by atoms with Crippen molar-refractivity contribution < 1.29 is 14.7 Å². The highest BCUT2D eigenvalue weighted by atomic mass is 16.3. The number of hydrogen-bond donors (Lipinski definition) is 1. The van der Waals surface area contributed by atoms with E-state index in [1.165, 1.54) is 16.9 Å². The van der Waals surface area contributed by atoms with Crippen LogP contribution >= 0.6 is 0 Å². The van der Waals surface area contributed by atoms with Crippen LogP contribution in [0.15, 0.2) is 60.8 Å². The third kappa shape index (κ3) is 4.99. The number of hydrogen-bond acceptors (Lipinski definition) is 4. The second-order valence-electron chi connectivity index (χ2n) is 12.0. The molecule has 1 saturated heterocycles. The number of imidazole rings is 1. The Morgan fingerprint density at radius 1 is 1.05 bits per heavy atom. The molecule has 2 fully saturated rings. The number of aromatic nitrogens is 2. The third-order valence-corrected chi connectivity index (χ3v) is 8.03.